The minimum absolute atomic E-state index is 0.0252. The van der Waals surface area contributed by atoms with Crippen LogP contribution in [0.1, 0.15) is 43.9 Å². The molecule has 0 aliphatic carbocycles. The van der Waals surface area contributed by atoms with Gasteiger partial charge < -0.3 is 15.0 Å². The van der Waals surface area contributed by atoms with E-state index in [1.807, 2.05) is 38.1 Å². The van der Waals surface area contributed by atoms with Crippen molar-refractivity contribution in [3.05, 3.63) is 59.7 Å². The Morgan fingerprint density at radius 3 is 2.37 bits per heavy atom. The van der Waals surface area contributed by atoms with Crippen LogP contribution in [-0.4, -0.2) is 25.6 Å². The minimum atomic E-state index is -0.114. The first-order valence-corrected chi connectivity index (χ1v) is 9.85. The van der Waals surface area contributed by atoms with Gasteiger partial charge in [-0.2, -0.15) is 0 Å². The molecule has 0 saturated carbocycles. The van der Waals surface area contributed by atoms with Crippen LogP contribution >= 0.6 is 0 Å². The first-order valence-electron chi connectivity index (χ1n) is 9.85. The van der Waals surface area contributed by atoms with Gasteiger partial charge in [0.05, 0.1) is 6.04 Å². The molecule has 0 spiro atoms. The third-order valence-corrected chi connectivity index (χ3v) is 5.31. The van der Waals surface area contributed by atoms with Crippen LogP contribution in [0.5, 0.6) is 5.75 Å². The zero-order chi connectivity index (χ0) is 19.2. The summed E-state index contributed by atoms with van der Waals surface area (Å²) < 4.78 is 5.55. The van der Waals surface area contributed by atoms with Crippen LogP contribution in [0.25, 0.3) is 0 Å². The molecule has 0 aromatic heterocycles. The summed E-state index contributed by atoms with van der Waals surface area (Å²) in [4.78, 5) is 14.6. The van der Waals surface area contributed by atoms with Gasteiger partial charge >= 0.3 is 0 Å². The van der Waals surface area contributed by atoms with Gasteiger partial charge in [-0.3, -0.25) is 4.79 Å². The summed E-state index contributed by atoms with van der Waals surface area (Å²) in [6.07, 6.45) is 2.52. The molecule has 1 atom stereocenters. The Morgan fingerprint density at radius 2 is 1.74 bits per heavy atom. The number of piperidine rings is 1. The van der Waals surface area contributed by atoms with Gasteiger partial charge in [0.2, 0.25) is 0 Å². The van der Waals surface area contributed by atoms with Gasteiger partial charge in [-0.25, -0.2) is 0 Å². The average molecular weight is 367 g/mol. The molecule has 2 aromatic rings. The van der Waals surface area contributed by atoms with Crippen molar-refractivity contribution >= 4 is 11.6 Å². The second-order valence-corrected chi connectivity index (χ2v) is 7.65. The van der Waals surface area contributed by atoms with Crippen LogP contribution in [0.15, 0.2) is 48.5 Å². The minimum Gasteiger partial charge on any atom is -0.484 e. The number of amides is 1. The summed E-state index contributed by atoms with van der Waals surface area (Å²) >= 11 is 0. The Hall–Kier alpha value is -2.49. The van der Waals surface area contributed by atoms with Crippen LogP contribution < -0.4 is 15.0 Å². The van der Waals surface area contributed by atoms with Crippen molar-refractivity contribution in [1.29, 1.82) is 0 Å². The van der Waals surface area contributed by atoms with Crippen molar-refractivity contribution in [3.8, 4) is 5.75 Å². The zero-order valence-corrected chi connectivity index (χ0v) is 16.6. The third kappa shape index (κ3) is 5.49. The zero-order valence-electron chi connectivity index (χ0n) is 16.6. The molecule has 27 heavy (non-hydrogen) atoms. The number of nitrogens with zero attached hydrogens (tertiary/aromatic N) is 1. The maximum Gasteiger partial charge on any atom is 0.258 e. The molecule has 2 aromatic carbocycles. The molecule has 1 amide bonds. The normalized spacial score (nSPS) is 16.0. The van der Waals surface area contributed by atoms with Gasteiger partial charge in [0, 0.05) is 18.8 Å². The van der Waals surface area contributed by atoms with E-state index < -0.39 is 0 Å². The van der Waals surface area contributed by atoms with Crippen LogP contribution in [0.3, 0.4) is 0 Å². The van der Waals surface area contributed by atoms with Crippen molar-refractivity contribution in [1.82, 2.24) is 5.32 Å². The summed E-state index contributed by atoms with van der Waals surface area (Å²) in [5.41, 5.74) is 3.54. The van der Waals surface area contributed by atoms with E-state index in [9.17, 15) is 4.79 Å². The van der Waals surface area contributed by atoms with Gasteiger partial charge in [-0.15, -0.1) is 0 Å². The molecule has 0 bridgehead atoms. The van der Waals surface area contributed by atoms with Crippen LogP contribution in [0.2, 0.25) is 0 Å². The molecular weight excluding hydrogens is 336 g/mol. The van der Waals surface area contributed by atoms with E-state index >= 15 is 0 Å². The second-order valence-electron chi connectivity index (χ2n) is 7.65. The number of anilines is 1. The smallest absolute Gasteiger partial charge is 0.258 e. The highest BCUT2D eigenvalue weighted by atomic mass is 16.5. The Balaban J connectivity index is 1.49. The van der Waals surface area contributed by atoms with E-state index in [1.54, 1.807) is 0 Å². The number of hydrogen-bond donors (Lipinski definition) is 1. The second kappa shape index (κ2) is 8.94. The predicted octanol–water partition coefficient (Wildman–Crippen LogP) is 4.49. The van der Waals surface area contributed by atoms with Gasteiger partial charge in [0.15, 0.2) is 6.61 Å². The fraction of sp³-hybridized carbons (Fsp3) is 0.435. The van der Waals surface area contributed by atoms with Crippen molar-refractivity contribution < 1.29 is 9.53 Å². The fourth-order valence-corrected chi connectivity index (χ4v) is 3.39. The highest BCUT2D eigenvalue weighted by Gasteiger charge is 2.16. The van der Waals surface area contributed by atoms with Crippen molar-refractivity contribution in [3.63, 3.8) is 0 Å². The van der Waals surface area contributed by atoms with Crippen molar-refractivity contribution in [2.45, 2.75) is 39.7 Å². The molecule has 3 rings (SSSR count). The van der Waals surface area contributed by atoms with Gasteiger partial charge in [0.1, 0.15) is 5.75 Å². The number of carbonyl (C=O) groups excluding carboxylic acids is 1. The number of ether oxygens (including phenoxy) is 1. The van der Waals surface area contributed by atoms with E-state index in [1.165, 1.54) is 24.1 Å². The number of nitrogens with one attached hydrogen (secondary N) is 1. The summed E-state index contributed by atoms with van der Waals surface area (Å²) in [6, 6.07) is 16.2. The van der Waals surface area contributed by atoms with Crippen LogP contribution in [0.4, 0.5) is 5.69 Å². The Kier molecular flexibility index (Phi) is 6.38. The molecule has 1 aliphatic heterocycles. The quantitative estimate of drug-likeness (QED) is 0.819. The Bertz CT molecular complexity index is 732. The largest absolute Gasteiger partial charge is 0.484 e. The van der Waals surface area contributed by atoms with E-state index in [-0.39, 0.29) is 18.6 Å². The molecular formula is C23H30N2O2. The lowest BCUT2D eigenvalue weighted by molar-refractivity contribution is -0.123. The predicted molar refractivity (Wildman–Crippen MR) is 110 cm³/mol. The first-order chi connectivity index (χ1) is 13.0. The van der Waals surface area contributed by atoms with Crippen molar-refractivity contribution in [2.24, 2.45) is 5.92 Å². The summed E-state index contributed by atoms with van der Waals surface area (Å²) in [7, 11) is 0. The topological polar surface area (TPSA) is 41.6 Å². The highest BCUT2D eigenvalue weighted by molar-refractivity contribution is 5.78. The Labute approximate surface area is 162 Å². The number of aryl methyl sites for hydroxylation is 1. The molecule has 1 N–H and O–H groups in total. The van der Waals surface area contributed by atoms with E-state index in [0.717, 1.165) is 24.6 Å². The number of carbonyl (C=O) groups is 1. The summed E-state index contributed by atoms with van der Waals surface area (Å²) in [6.45, 7) is 8.63. The maximum atomic E-state index is 12.2. The lowest BCUT2D eigenvalue weighted by Gasteiger charge is -2.32. The van der Waals surface area contributed by atoms with Gasteiger partial charge in [0.25, 0.3) is 5.91 Å². The first kappa shape index (κ1) is 19.3. The molecule has 1 heterocycles. The molecule has 1 aliphatic rings. The molecule has 0 radical (unpaired) electrons. The number of rotatable bonds is 6. The summed E-state index contributed by atoms with van der Waals surface area (Å²) in [5.74, 6) is 1.43. The summed E-state index contributed by atoms with van der Waals surface area (Å²) in [5, 5.41) is 3.01. The van der Waals surface area contributed by atoms with E-state index in [2.05, 4.69) is 41.4 Å². The van der Waals surface area contributed by atoms with Gasteiger partial charge in [-0.1, -0.05) is 36.8 Å². The molecule has 1 saturated heterocycles. The maximum absolute atomic E-state index is 12.2. The van der Waals surface area contributed by atoms with E-state index in [4.69, 9.17) is 4.74 Å². The lowest BCUT2D eigenvalue weighted by atomic mass is 9.98. The fourth-order valence-electron chi connectivity index (χ4n) is 3.39. The average Bonchev–Trinajstić information content (AvgIpc) is 2.68. The molecule has 0 unspecified atom stereocenters. The Morgan fingerprint density at radius 1 is 1.11 bits per heavy atom. The molecule has 144 valence electrons. The molecule has 4 nitrogen and oxygen atoms in total. The lowest BCUT2D eigenvalue weighted by Crippen LogP contribution is -2.33. The van der Waals surface area contributed by atoms with Crippen molar-refractivity contribution in [2.75, 3.05) is 24.6 Å². The molecule has 4 heteroatoms. The molecule has 1 fully saturated rings. The van der Waals surface area contributed by atoms with E-state index in [0.29, 0.717) is 5.75 Å². The number of hydrogen-bond acceptors (Lipinski definition) is 3. The third-order valence-electron chi connectivity index (χ3n) is 5.31. The SMILES string of the molecule is Cc1ccc(OCC(=O)N[C@H](C)c2ccc(N3CCC(C)CC3)cc2)cc1. The van der Waals surface area contributed by atoms with Gasteiger partial charge in [-0.05, 0) is 62.4 Å². The van der Waals surface area contributed by atoms with Crippen LogP contribution in [0, 0.1) is 12.8 Å². The standard InChI is InChI=1S/C23H30N2O2/c1-17-4-10-22(11-5-17)27-16-23(26)24-19(3)20-6-8-21(9-7-20)25-14-12-18(2)13-15-25/h4-11,18-19H,12-16H2,1-3H3,(H,24,26)/t19-/m1/s1. The highest BCUT2D eigenvalue weighted by Crippen LogP contribution is 2.24. The monoisotopic (exact) mass is 366 g/mol. The van der Waals surface area contributed by atoms with Crippen LogP contribution in [-0.2, 0) is 4.79 Å². The number of benzene rings is 2.